The molecule has 0 saturated carbocycles. The normalized spacial score (nSPS) is 15.0. The number of aromatic amines is 1. The summed E-state index contributed by atoms with van der Waals surface area (Å²) < 4.78 is 0. The van der Waals surface area contributed by atoms with Gasteiger partial charge in [-0.3, -0.25) is 4.99 Å². The molecule has 1 aliphatic heterocycles. The minimum absolute atomic E-state index is 0.861. The molecule has 0 radical (unpaired) electrons. The molecule has 0 fully saturated rings. The molecule has 0 bridgehead atoms. The van der Waals surface area contributed by atoms with Gasteiger partial charge in [0.05, 0.1) is 11.0 Å². The van der Waals surface area contributed by atoms with E-state index in [4.69, 9.17) is 0 Å². The summed E-state index contributed by atoms with van der Waals surface area (Å²) in [6.45, 7) is 0. The van der Waals surface area contributed by atoms with Crippen molar-refractivity contribution in [2.24, 2.45) is 4.99 Å². The first-order valence-electron chi connectivity index (χ1n) is 4.61. The van der Waals surface area contributed by atoms with Crippen molar-refractivity contribution in [1.82, 2.24) is 9.97 Å². The topological polar surface area (TPSA) is 41.0 Å². The number of allylic oxidation sites excluding steroid dienone is 1. The highest BCUT2D eigenvalue weighted by Crippen LogP contribution is 2.20. The van der Waals surface area contributed by atoms with Gasteiger partial charge in [0.15, 0.2) is 5.82 Å². The lowest BCUT2D eigenvalue weighted by atomic mass is 10.3. The molecule has 0 unspecified atom stereocenters. The first-order chi connectivity index (χ1) is 6.93. The van der Waals surface area contributed by atoms with Crippen molar-refractivity contribution < 1.29 is 0 Å². The Morgan fingerprint density at radius 2 is 2.14 bits per heavy atom. The van der Waals surface area contributed by atoms with Crippen LogP contribution < -0.4 is 0 Å². The van der Waals surface area contributed by atoms with E-state index in [1.807, 2.05) is 30.5 Å². The third-order valence-corrected chi connectivity index (χ3v) is 2.28. The molecular formula is C11H9N3. The Kier molecular flexibility index (Phi) is 1.50. The van der Waals surface area contributed by atoms with E-state index in [0.29, 0.717) is 0 Å². The lowest BCUT2D eigenvalue weighted by Crippen LogP contribution is -1.80. The minimum Gasteiger partial charge on any atom is -0.337 e. The molecule has 0 aliphatic carbocycles. The van der Waals surface area contributed by atoms with E-state index in [9.17, 15) is 0 Å². The van der Waals surface area contributed by atoms with Gasteiger partial charge in [-0.15, -0.1) is 0 Å². The number of aliphatic imine (C=N–C) groups is 1. The summed E-state index contributed by atoms with van der Waals surface area (Å²) in [7, 11) is 0. The summed E-state index contributed by atoms with van der Waals surface area (Å²) in [5, 5.41) is 0. The molecule has 3 heteroatoms. The van der Waals surface area contributed by atoms with E-state index in [-0.39, 0.29) is 0 Å². The number of H-pyrrole nitrogens is 1. The van der Waals surface area contributed by atoms with Gasteiger partial charge in [-0.25, -0.2) is 4.98 Å². The Bertz CT molecular complexity index is 501. The Morgan fingerprint density at radius 1 is 1.21 bits per heavy atom. The van der Waals surface area contributed by atoms with Crippen molar-refractivity contribution in [2.45, 2.75) is 6.42 Å². The number of imidazole rings is 1. The molecule has 2 heterocycles. The summed E-state index contributed by atoms with van der Waals surface area (Å²) in [5.41, 5.74) is 3.00. The van der Waals surface area contributed by atoms with Crippen LogP contribution in [0.25, 0.3) is 16.7 Å². The van der Waals surface area contributed by atoms with Crippen LogP contribution in [0.5, 0.6) is 0 Å². The molecular weight excluding hydrogens is 174 g/mol. The summed E-state index contributed by atoms with van der Waals surface area (Å²) in [4.78, 5) is 11.9. The van der Waals surface area contributed by atoms with Crippen LogP contribution in [0.1, 0.15) is 12.2 Å². The molecule has 2 aromatic rings. The lowest BCUT2D eigenvalue weighted by Gasteiger charge is -1.89. The minimum atomic E-state index is 0.861. The number of rotatable bonds is 1. The van der Waals surface area contributed by atoms with E-state index in [2.05, 4.69) is 21.0 Å². The lowest BCUT2D eigenvalue weighted by molar-refractivity contribution is 1.24. The number of hydrogen-bond donors (Lipinski definition) is 1. The Balaban J connectivity index is 2.19. The zero-order valence-corrected chi connectivity index (χ0v) is 7.57. The molecule has 1 aliphatic rings. The molecule has 1 N–H and O–H groups in total. The maximum atomic E-state index is 4.46. The SMILES string of the molecule is C1=NC(c2nc3ccccc3[nH]2)=CC1. The van der Waals surface area contributed by atoms with Crippen LogP contribution in [0.2, 0.25) is 0 Å². The average Bonchev–Trinajstić information content (AvgIpc) is 2.86. The maximum Gasteiger partial charge on any atom is 0.156 e. The highest BCUT2D eigenvalue weighted by molar-refractivity contribution is 5.83. The predicted molar refractivity (Wildman–Crippen MR) is 57.2 cm³/mol. The third kappa shape index (κ3) is 1.06. The molecule has 3 nitrogen and oxygen atoms in total. The van der Waals surface area contributed by atoms with Crippen molar-refractivity contribution >= 4 is 22.9 Å². The van der Waals surface area contributed by atoms with E-state index in [1.165, 1.54) is 0 Å². The average molecular weight is 183 g/mol. The zero-order chi connectivity index (χ0) is 9.38. The Hall–Kier alpha value is -1.90. The van der Waals surface area contributed by atoms with Gasteiger partial charge in [-0.05, 0) is 18.2 Å². The fraction of sp³-hybridized carbons (Fsp3) is 0.0909. The highest BCUT2D eigenvalue weighted by atomic mass is 15.0. The Morgan fingerprint density at radius 3 is 2.93 bits per heavy atom. The zero-order valence-electron chi connectivity index (χ0n) is 7.57. The second-order valence-corrected chi connectivity index (χ2v) is 3.24. The highest BCUT2D eigenvalue weighted by Gasteiger charge is 2.07. The molecule has 1 aromatic heterocycles. The fourth-order valence-electron chi connectivity index (χ4n) is 1.60. The van der Waals surface area contributed by atoms with E-state index < -0.39 is 0 Å². The van der Waals surface area contributed by atoms with Gasteiger partial charge in [0.1, 0.15) is 5.70 Å². The van der Waals surface area contributed by atoms with Gasteiger partial charge in [0, 0.05) is 12.6 Å². The van der Waals surface area contributed by atoms with Crippen molar-refractivity contribution in [2.75, 3.05) is 0 Å². The second-order valence-electron chi connectivity index (χ2n) is 3.24. The molecule has 68 valence electrons. The second kappa shape index (κ2) is 2.80. The van der Waals surface area contributed by atoms with Gasteiger partial charge in [0.2, 0.25) is 0 Å². The number of fused-ring (bicyclic) bond motifs is 1. The van der Waals surface area contributed by atoms with Gasteiger partial charge in [-0.2, -0.15) is 0 Å². The molecule has 3 rings (SSSR count). The summed E-state index contributed by atoms with van der Waals surface area (Å²) >= 11 is 0. The van der Waals surface area contributed by atoms with Crippen LogP contribution in [0.15, 0.2) is 35.3 Å². The molecule has 0 spiro atoms. The van der Waals surface area contributed by atoms with Gasteiger partial charge >= 0.3 is 0 Å². The first-order valence-corrected chi connectivity index (χ1v) is 4.61. The fourth-order valence-corrected chi connectivity index (χ4v) is 1.60. The van der Waals surface area contributed by atoms with Gasteiger partial charge in [-0.1, -0.05) is 12.1 Å². The summed E-state index contributed by atoms with van der Waals surface area (Å²) in [5.74, 6) is 0.861. The number of nitrogens with zero attached hydrogens (tertiary/aromatic N) is 2. The van der Waals surface area contributed by atoms with Crippen molar-refractivity contribution in [3.8, 4) is 0 Å². The van der Waals surface area contributed by atoms with Gasteiger partial charge in [0.25, 0.3) is 0 Å². The van der Waals surface area contributed by atoms with Crippen LogP contribution in [0.4, 0.5) is 0 Å². The molecule has 14 heavy (non-hydrogen) atoms. The van der Waals surface area contributed by atoms with Crippen LogP contribution in [-0.2, 0) is 0 Å². The number of nitrogens with one attached hydrogen (secondary N) is 1. The van der Waals surface area contributed by atoms with Crippen LogP contribution >= 0.6 is 0 Å². The Labute approximate surface area is 81.2 Å². The molecule has 0 amide bonds. The molecule has 0 atom stereocenters. The van der Waals surface area contributed by atoms with Crippen molar-refractivity contribution in [3.63, 3.8) is 0 Å². The van der Waals surface area contributed by atoms with Crippen molar-refractivity contribution in [1.29, 1.82) is 0 Å². The first kappa shape index (κ1) is 7.50. The monoisotopic (exact) mass is 183 g/mol. The maximum absolute atomic E-state index is 4.46. The van der Waals surface area contributed by atoms with E-state index in [1.54, 1.807) is 0 Å². The predicted octanol–water partition coefficient (Wildman–Crippen LogP) is 2.38. The largest absolute Gasteiger partial charge is 0.337 e. The van der Waals surface area contributed by atoms with Crippen LogP contribution in [-0.4, -0.2) is 16.2 Å². The van der Waals surface area contributed by atoms with Crippen molar-refractivity contribution in [3.05, 3.63) is 36.2 Å². The van der Waals surface area contributed by atoms with E-state index >= 15 is 0 Å². The number of aromatic nitrogens is 2. The number of benzene rings is 1. The number of para-hydroxylation sites is 2. The standard InChI is InChI=1S/C11H9N3/c1-2-5-9-8(4-1)13-11(14-9)10-6-3-7-12-10/h1-2,4-7H,3H2,(H,13,14). The summed E-state index contributed by atoms with van der Waals surface area (Å²) in [6.07, 6.45) is 4.87. The number of hydrogen-bond acceptors (Lipinski definition) is 2. The van der Waals surface area contributed by atoms with E-state index in [0.717, 1.165) is 29.0 Å². The smallest absolute Gasteiger partial charge is 0.156 e. The third-order valence-electron chi connectivity index (χ3n) is 2.28. The van der Waals surface area contributed by atoms with Crippen LogP contribution in [0, 0.1) is 0 Å². The molecule has 1 aromatic carbocycles. The summed E-state index contributed by atoms with van der Waals surface area (Å²) in [6, 6.07) is 8.00. The van der Waals surface area contributed by atoms with Gasteiger partial charge < -0.3 is 4.98 Å². The van der Waals surface area contributed by atoms with Crippen LogP contribution in [0.3, 0.4) is 0 Å². The molecule has 0 saturated heterocycles. The quantitative estimate of drug-likeness (QED) is 0.724.